The molecular weight excluding hydrogens is 280 g/mol. The van der Waals surface area contributed by atoms with Crippen LogP contribution in [0.2, 0.25) is 0 Å². The number of hydrogen-bond donors (Lipinski definition) is 1. The van der Waals surface area contributed by atoms with Crippen molar-refractivity contribution in [2.45, 2.75) is 20.4 Å². The van der Waals surface area contributed by atoms with Gasteiger partial charge in [0, 0.05) is 25.1 Å². The molecule has 0 spiro atoms. The zero-order chi connectivity index (χ0) is 16.1. The summed E-state index contributed by atoms with van der Waals surface area (Å²) in [5.74, 6) is 0.410. The topological polar surface area (TPSA) is 67.2 Å². The molecule has 116 valence electrons. The molecule has 2 rings (SSSR count). The van der Waals surface area contributed by atoms with Gasteiger partial charge in [-0.3, -0.25) is 9.59 Å². The number of aryl methyl sites for hydroxylation is 2. The molecule has 1 aromatic heterocycles. The number of likely N-dealkylation sites (N-methyl/N-ethyl adjacent to an activating group) is 1. The minimum absolute atomic E-state index is 0.0143. The molecule has 6 nitrogen and oxygen atoms in total. The molecule has 0 fully saturated rings. The lowest BCUT2D eigenvalue weighted by Gasteiger charge is -2.17. The number of carbonyl (C=O) groups excluding carboxylic acids is 2. The Bertz CT molecular complexity index is 661. The van der Waals surface area contributed by atoms with Gasteiger partial charge < -0.3 is 14.8 Å². The van der Waals surface area contributed by atoms with Crippen LogP contribution in [0.5, 0.6) is 0 Å². The average Bonchev–Trinajstić information content (AvgIpc) is 2.86. The van der Waals surface area contributed by atoms with Gasteiger partial charge in [0.05, 0.1) is 6.54 Å². The highest BCUT2D eigenvalue weighted by Crippen LogP contribution is 2.08. The molecule has 1 aromatic carbocycles. The molecule has 0 aliphatic heterocycles. The summed E-state index contributed by atoms with van der Waals surface area (Å²) in [6.45, 7) is 4.01. The molecule has 0 bridgehead atoms. The molecule has 6 heteroatoms. The van der Waals surface area contributed by atoms with E-state index in [0.717, 1.165) is 17.1 Å². The van der Waals surface area contributed by atoms with Gasteiger partial charge in [0.25, 0.3) is 0 Å². The highest BCUT2D eigenvalue weighted by molar-refractivity contribution is 5.94. The van der Waals surface area contributed by atoms with Gasteiger partial charge in [-0.2, -0.15) is 0 Å². The van der Waals surface area contributed by atoms with Gasteiger partial charge in [-0.25, -0.2) is 4.98 Å². The standard InChI is InChI=1S/C16H20N4O2/c1-12-4-6-14(7-5-12)18-15(21)10-19(3)16(22)11-20-9-8-17-13(20)2/h4-9H,10-11H2,1-3H3,(H,18,21). The van der Waals surface area contributed by atoms with Crippen molar-refractivity contribution >= 4 is 17.5 Å². The lowest BCUT2D eigenvalue weighted by Crippen LogP contribution is -2.36. The van der Waals surface area contributed by atoms with E-state index in [9.17, 15) is 9.59 Å². The van der Waals surface area contributed by atoms with Crippen molar-refractivity contribution in [2.24, 2.45) is 0 Å². The van der Waals surface area contributed by atoms with Crippen LogP contribution in [0.25, 0.3) is 0 Å². The lowest BCUT2D eigenvalue weighted by molar-refractivity contribution is -0.133. The Hall–Kier alpha value is -2.63. The number of imidazole rings is 1. The molecule has 1 heterocycles. The number of hydrogen-bond acceptors (Lipinski definition) is 3. The number of benzene rings is 1. The second-order valence-electron chi connectivity index (χ2n) is 5.27. The third kappa shape index (κ3) is 4.18. The monoisotopic (exact) mass is 300 g/mol. The van der Waals surface area contributed by atoms with Crippen LogP contribution in [0.15, 0.2) is 36.7 Å². The maximum atomic E-state index is 12.1. The highest BCUT2D eigenvalue weighted by Gasteiger charge is 2.14. The van der Waals surface area contributed by atoms with Crippen LogP contribution < -0.4 is 5.32 Å². The summed E-state index contributed by atoms with van der Waals surface area (Å²) in [5.41, 5.74) is 1.85. The Kier molecular flexibility index (Phi) is 4.93. The van der Waals surface area contributed by atoms with Crippen molar-refractivity contribution in [3.8, 4) is 0 Å². The van der Waals surface area contributed by atoms with Crippen molar-refractivity contribution in [3.05, 3.63) is 48.0 Å². The zero-order valence-electron chi connectivity index (χ0n) is 13.0. The first-order chi connectivity index (χ1) is 10.5. The Labute approximate surface area is 129 Å². The van der Waals surface area contributed by atoms with E-state index in [4.69, 9.17) is 0 Å². The lowest BCUT2D eigenvalue weighted by atomic mass is 10.2. The quantitative estimate of drug-likeness (QED) is 0.912. The van der Waals surface area contributed by atoms with Crippen molar-refractivity contribution in [3.63, 3.8) is 0 Å². The van der Waals surface area contributed by atoms with Crippen LogP contribution in [-0.2, 0) is 16.1 Å². The van der Waals surface area contributed by atoms with E-state index in [-0.39, 0.29) is 24.9 Å². The van der Waals surface area contributed by atoms with E-state index in [2.05, 4.69) is 10.3 Å². The smallest absolute Gasteiger partial charge is 0.243 e. The van der Waals surface area contributed by atoms with Crippen molar-refractivity contribution in [1.82, 2.24) is 14.5 Å². The fraction of sp³-hybridized carbons (Fsp3) is 0.312. The van der Waals surface area contributed by atoms with Crippen molar-refractivity contribution in [1.29, 1.82) is 0 Å². The summed E-state index contributed by atoms with van der Waals surface area (Å²) < 4.78 is 1.75. The van der Waals surface area contributed by atoms with E-state index in [1.807, 2.05) is 38.1 Å². The van der Waals surface area contributed by atoms with Crippen LogP contribution in [0.4, 0.5) is 5.69 Å². The molecule has 0 aliphatic rings. The van der Waals surface area contributed by atoms with Gasteiger partial charge >= 0.3 is 0 Å². The molecule has 22 heavy (non-hydrogen) atoms. The maximum Gasteiger partial charge on any atom is 0.243 e. The van der Waals surface area contributed by atoms with E-state index >= 15 is 0 Å². The highest BCUT2D eigenvalue weighted by atomic mass is 16.2. The second kappa shape index (κ2) is 6.89. The Morgan fingerprint density at radius 1 is 1.23 bits per heavy atom. The van der Waals surface area contributed by atoms with Crippen LogP contribution >= 0.6 is 0 Å². The van der Waals surface area contributed by atoms with E-state index in [1.54, 1.807) is 24.0 Å². The zero-order valence-corrected chi connectivity index (χ0v) is 13.0. The number of nitrogens with zero attached hydrogens (tertiary/aromatic N) is 3. The Morgan fingerprint density at radius 2 is 1.91 bits per heavy atom. The predicted octanol–water partition coefficient (Wildman–Crippen LogP) is 1.60. The summed E-state index contributed by atoms with van der Waals surface area (Å²) >= 11 is 0. The minimum Gasteiger partial charge on any atom is -0.335 e. The minimum atomic E-state index is -0.220. The van der Waals surface area contributed by atoms with Gasteiger partial charge in [-0.1, -0.05) is 17.7 Å². The first kappa shape index (κ1) is 15.8. The first-order valence-corrected chi connectivity index (χ1v) is 7.04. The van der Waals surface area contributed by atoms with Gasteiger partial charge in [0.15, 0.2) is 0 Å². The maximum absolute atomic E-state index is 12.1. The third-order valence-electron chi connectivity index (χ3n) is 3.37. The normalized spacial score (nSPS) is 10.3. The number of amides is 2. The first-order valence-electron chi connectivity index (χ1n) is 7.04. The number of nitrogens with one attached hydrogen (secondary N) is 1. The van der Waals surface area contributed by atoms with E-state index < -0.39 is 0 Å². The molecule has 0 atom stereocenters. The van der Waals surface area contributed by atoms with Gasteiger partial charge in [0.1, 0.15) is 12.4 Å². The predicted molar refractivity (Wildman–Crippen MR) is 84.4 cm³/mol. The fourth-order valence-electron chi connectivity index (χ4n) is 1.98. The molecule has 0 radical (unpaired) electrons. The van der Waals surface area contributed by atoms with E-state index in [1.165, 1.54) is 4.90 Å². The molecule has 2 amide bonds. The number of carbonyl (C=O) groups is 2. The van der Waals surface area contributed by atoms with Crippen LogP contribution in [-0.4, -0.2) is 39.9 Å². The van der Waals surface area contributed by atoms with Gasteiger partial charge in [-0.05, 0) is 26.0 Å². The summed E-state index contributed by atoms with van der Waals surface area (Å²) in [7, 11) is 1.61. The molecule has 0 saturated heterocycles. The summed E-state index contributed by atoms with van der Waals surface area (Å²) in [6, 6.07) is 7.52. The fourth-order valence-corrected chi connectivity index (χ4v) is 1.98. The van der Waals surface area contributed by atoms with Gasteiger partial charge in [-0.15, -0.1) is 0 Å². The summed E-state index contributed by atoms with van der Waals surface area (Å²) in [6.07, 6.45) is 3.39. The van der Waals surface area contributed by atoms with Crippen molar-refractivity contribution < 1.29 is 9.59 Å². The molecule has 0 saturated carbocycles. The molecule has 0 unspecified atom stereocenters. The number of rotatable bonds is 5. The number of aromatic nitrogens is 2. The molecular formula is C16H20N4O2. The van der Waals surface area contributed by atoms with Crippen LogP contribution in [0.1, 0.15) is 11.4 Å². The third-order valence-corrected chi connectivity index (χ3v) is 3.37. The molecule has 2 aromatic rings. The Morgan fingerprint density at radius 3 is 2.50 bits per heavy atom. The number of anilines is 1. The molecule has 0 aliphatic carbocycles. The summed E-state index contributed by atoms with van der Waals surface area (Å²) in [5, 5.41) is 2.77. The van der Waals surface area contributed by atoms with Crippen LogP contribution in [0, 0.1) is 13.8 Å². The SMILES string of the molecule is Cc1ccc(NC(=O)CN(C)C(=O)Cn2ccnc2C)cc1. The van der Waals surface area contributed by atoms with Gasteiger partial charge in [0.2, 0.25) is 11.8 Å². The molecule has 1 N–H and O–H groups in total. The van der Waals surface area contributed by atoms with Crippen molar-refractivity contribution in [2.75, 3.05) is 18.9 Å². The second-order valence-corrected chi connectivity index (χ2v) is 5.27. The van der Waals surface area contributed by atoms with E-state index in [0.29, 0.717) is 0 Å². The van der Waals surface area contributed by atoms with Crippen LogP contribution in [0.3, 0.4) is 0 Å². The largest absolute Gasteiger partial charge is 0.335 e. The average molecular weight is 300 g/mol. The summed E-state index contributed by atoms with van der Waals surface area (Å²) in [4.78, 5) is 29.5. The Balaban J connectivity index is 1.86.